The summed E-state index contributed by atoms with van der Waals surface area (Å²) in [6.45, 7) is 12.2. The number of ketones is 4. The van der Waals surface area contributed by atoms with E-state index in [1.54, 1.807) is 26.0 Å². The van der Waals surface area contributed by atoms with Gasteiger partial charge in [0.15, 0.2) is 11.5 Å². The predicted octanol–water partition coefficient (Wildman–Crippen LogP) is 10.0. The summed E-state index contributed by atoms with van der Waals surface area (Å²) < 4.78 is 31.1. The molecule has 0 N–H and O–H groups in total. The third kappa shape index (κ3) is 5.06. The third-order valence-electron chi connectivity index (χ3n) is 13.3. The maximum absolute atomic E-state index is 14.3. The van der Waals surface area contributed by atoms with E-state index in [1.165, 1.54) is 21.3 Å². The Labute approximate surface area is 331 Å². The smallest absolute Gasteiger partial charge is 0.237 e. The molecule has 0 bridgehead atoms. The second-order valence-corrected chi connectivity index (χ2v) is 17.3. The van der Waals surface area contributed by atoms with Gasteiger partial charge in [-0.3, -0.25) is 19.2 Å². The Balaban J connectivity index is 1.31. The van der Waals surface area contributed by atoms with Crippen LogP contribution in [0.5, 0.6) is 17.2 Å². The summed E-state index contributed by atoms with van der Waals surface area (Å²) >= 11 is 0. The second kappa shape index (κ2) is 12.7. The maximum atomic E-state index is 14.3. The van der Waals surface area contributed by atoms with Crippen molar-refractivity contribution < 1.29 is 42.2 Å². The highest BCUT2D eigenvalue weighted by Gasteiger charge is 2.45. The molecule has 0 atom stereocenters. The Morgan fingerprint density at radius 1 is 0.579 bits per heavy atom. The zero-order valence-electron chi connectivity index (χ0n) is 34.0. The molecule has 2 aromatic heterocycles. The fraction of sp³-hybridized carbons (Fsp3) is 0.375. The van der Waals surface area contributed by atoms with E-state index < -0.39 is 29.1 Å². The normalized spacial score (nSPS) is 17.4. The highest BCUT2D eigenvalue weighted by atomic mass is 16.5. The summed E-state index contributed by atoms with van der Waals surface area (Å²) in [5.74, 6) is -0.745. The highest BCUT2D eigenvalue weighted by Crippen LogP contribution is 2.53. The lowest BCUT2D eigenvalue weighted by Gasteiger charge is -2.34. The van der Waals surface area contributed by atoms with Gasteiger partial charge in [-0.15, -0.1) is 0 Å². The summed E-state index contributed by atoms with van der Waals surface area (Å²) in [5.41, 5.74) is 7.63. The molecule has 0 radical (unpaired) electrons. The third-order valence-corrected chi connectivity index (χ3v) is 13.3. The Morgan fingerprint density at radius 3 is 1.37 bits per heavy atom. The number of rotatable bonds is 6. The lowest BCUT2D eigenvalue weighted by atomic mass is 9.69. The Kier molecular flexibility index (Phi) is 8.19. The van der Waals surface area contributed by atoms with Crippen LogP contribution in [0.2, 0.25) is 0 Å². The average Bonchev–Trinajstić information content (AvgIpc) is 3.71. The van der Waals surface area contributed by atoms with Gasteiger partial charge in [0.1, 0.15) is 29.0 Å². The Bertz CT molecular complexity index is 2470. The van der Waals surface area contributed by atoms with Gasteiger partial charge < -0.3 is 23.0 Å². The zero-order chi connectivity index (χ0) is 40.5. The monoisotopic (exact) mass is 766 g/mol. The molecule has 4 aliphatic rings. The lowest BCUT2D eigenvalue weighted by Crippen LogP contribution is -2.29. The van der Waals surface area contributed by atoms with Crippen LogP contribution >= 0.6 is 0 Å². The Hall–Kier alpha value is -5.70. The van der Waals surface area contributed by atoms with E-state index in [0.717, 1.165) is 47.9 Å². The first-order valence-electron chi connectivity index (χ1n) is 19.7. The predicted molar refractivity (Wildman–Crippen MR) is 214 cm³/mol. The SMILES string of the molecule is COc1cc(C(c2oc3c(c2C)C(=O)C(=O)c2c-3ccc3c2CCCC3(C)C)c2oc3c(c2C)C(=O)C(=O)c2c-3ccc3c2CCCC3(C)C)cc(OC)c1OC. The summed E-state index contributed by atoms with van der Waals surface area (Å²) in [4.78, 5) is 56.9. The fourth-order valence-corrected chi connectivity index (χ4v) is 10.3. The summed E-state index contributed by atoms with van der Waals surface area (Å²) in [7, 11) is 4.57. The fourth-order valence-electron chi connectivity index (χ4n) is 10.3. The standard InChI is InChI=1S/C48H46O9/c1-22-33-38(49)40(51)36-25-12-10-18-47(3,4)29(25)16-14-27(36)44(33)56-42(22)35(24-20-31(53-7)46(55-9)32(21-24)54-8)43-23(2)34-39(50)41(52)37-26-13-11-19-48(5,6)30(26)17-15-28(37)45(34)57-43/h14-17,20-21,35H,10-13,18-19H2,1-9H3. The van der Waals surface area contributed by atoms with Crippen molar-refractivity contribution in [3.05, 3.63) is 109 Å². The van der Waals surface area contributed by atoms with Crippen LogP contribution in [-0.4, -0.2) is 44.5 Å². The molecule has 5 aromatic rings. The number of methoxy groups -OCH3 is 3. The molecule has 0 aliphatic heterocycles. The van der Waals surface area contributed by atoms with Gasteiger partial charge in [-0.2, -0.15) is 0 Å². The topological polar surface area (TPSA) is 122 Å². The van der Waals surface area contributed by atoms with Gasteiger partial charge in [-0.25, -0.2) is 0 Å². The molecule has 292 valence electrons. The van der Waals surface area contributed by atoms with Crippen LogP contribution in [0, 0.1) is 13.8 Å². The van der Waals surface area contributed by atoms with Gasteiger partial charge in [0.25, 0.3) is 0 Å². The molecule has 2 heterocycles. The van der Waals surface area contributed by atoms with E-state index >= 15 is 0 Å². The van der Waals surface area contributed by atoms with E-state index in [0.29, 0.717) is 92.1 Å². The van der Waals surface area contributed by atoms with Gasteiger partial charge in [-0.1, -0.05) is 52.0 Å². The lowest BCUT2D eigenvalue weighted by molar-refractivity contribution is 0.0813. The summed E-state index contributed by atoms with van der Waals surface area (Å²) in [6.07, 6.45) is 5.18. The molecule has 3 aromatic carbocycles. The van der Waals surface area contributed by atoms with E-state index in [1.807, 2.05) is 12.1 Å². The van der Waals surface area contributed by atoms with Gasteiger partial charge in [0, 0.05) is 33.4 Å². The van der Waals surface area contributed by atoms with Crippen LogP contribution in [-0.2, 0) is 23.7 Å². The van der Waals surface area contributed by atoms with Gasteiger partial charge >= 0.3 is 0 Å². The molecule has 0 unspecified atom stereocenters. The second-order valence-electron chi connectivity index (χ2n) is 17.3. The van der Waals surface area contributed by atoms with Crippen LogP contribution in [0.4, 0.5) is 0 Å². The van der Waals surface area contributed by atoms with Crippen molar-refractivity contribution in [2.75, 3.05) is 21.3 Å². The van der Waals surface area contributed by atoms with Crippen LogP contribution < -0.4 is 14.2 Å². The number of furan rings is 2. The minimum absolute atomic E-state index is 0.142. The van der Waals surface area contributed by atoms with Crippen molar-refractivity contribution in [3.8, 4) is 39.9 Å². The quantitative estimate of drug-likeness (QED) is 0.155. The number of hydrogen-bond acceptors (Lipinski definition) is 9. The van der Waals surface area contributed by atoms with Crippen molar-refractivity contribution >= 4 is 23.1 Å². The number of carbonyl (C=O) groups is 4. The van der Waals surface area contributed by atoms with Crippen LogP contribution in [0.25, 0.3) is 22.6 Å². The van der Waals surface area contributed by atoms with Crippen molar-refractivity contribution in [2.24, 2.45) is 0 Å². The number of Topliss-reactive ketones (excluding diaryl/α,β-unsaturated/α-hetero) is 4. The molecule has 0 fully saturated rings. The van der Waals surface area contributed by atoms with Gasteiger partial charge in [0.05, 0.1) is 32.5 Å². The van der Waals surface area contributed by atoms with Crippen molar-refractivity contribution in [1.29, 1.82) is 0 Å². The highest BCUT2D eigenvalue weighted by molar-refractivity contribution is 6.54. The van der Waals surface area contributed by atoms with Crippen molar-refractivity contribution in [1.82, 2.24) is 0 Å². The molecule has 4 aliphatic carbocycles. The molecular formula is C48H46O9. The first-order chi connectivity index (χ1) is 27.1. The largest absolute Gasteiger partial charge is 0.493 e. The molecule has 57 heavy (non-hydrogen) atoms. The number of fused-ring (bicyclic) bond motifs is 10. The van der Waals surface area contributed by atoms with Crippen LogP contribution in [0.3, 0.4) is 0 Å². The van der Waals surface area contributed by atoms with Gasteiger partial charge in [0.2, 0.25) is 28.9 Å². The number of carbonyl (C=O) groups excluding carboxylic acids is 4. The molecule has 9 nitrogen and oxygen atoms in total. The molecule has 9 rings (SSSR count). The summed E-state index contributed by atoms with van der Waals surface area (Å²) in [6, 6.07) is 11.5. The van der Waals surface area contributed by atoms with Crippen molar-refractivity contribution in [2.45, 2.75) is 96.8 Å². The maximum Gasteiger partial charge on any atom is 0.237 e. The molecule has 0 amide bonds. The minimum atomic E-state index is -0.888. The molecular weight excluding hydrogens is 721 g/mol. The summed E-state index contributed by atoms with van der Waals surface area (Å²) in [5, 5.41) is 0. The van der Waals surface area contributed by atoms with Crippen LogP contribution in [0.15, 0.2) is 45.2 Å². The van der Waals surface area contributed by atoms with E-state index in [9.17, 15) is 19.2 Å². The van der Waals surface area contributed by atoms with E-state index in [-0.39, 0.29) is 22.0 Å². The van der Waals surface area contributed by atoms with Gasteiger partial charge in [-0.05, 0) is 103 Å². The number of hydrogen-bond donors (Lipinski definition) is 0. The number of benzene rings is 3. The zero-order valence-corrected chi connectivity index (χ0v) is 34.0. The molecule has 0 saturated carbocycles. The first-order valence-corrected chi connectivity index (χ1v) is 19.7. The Morgan fingerprint density at radius 2 is 0.982 bits per heavy atom. The number of ether oxygens (including phenoxy) is 3. The average molecular weight is 767 g/mol. The van der Waals surface area contributed by atoms with Crippen molar-refractivity contribution in [3.63, 3.8) is 0 Å². The first kappa shape index (κ1) is 36.9. The molecule has 9 heteroatoms. The minimum Gasteiger partial charge on any atom is -0.493 e. The van der Waals surface area contributed by atoms with E-state index in [4.69, 9.17) is 23.0 Å². The van der Waals surface area contributed by atoms with Crippen LogP contribution in [0.1, 0.15) is 151 Å². The molecule has 0 saturated heterocycles. The molecule has 0 spiro atoms. The van der Waals surface area contributed by atoms with E-state index in [2.05, 4.69) is 39.8 Å².